The maximum absolute atomic E-state index is 12.5. The Morgan fingerprint density at radius 3 is 2.53 bits per heavy atom. The molecular weight excluding hydrogens is 425 g/mol. The van der Waals surface area contributed by atoms with Gasteiger partial charge in [-0.3, -0.25) is 4.79 Å². The zero-order valence-corrected chi connectivity index (χ0v) is 17.8. The van der Waals surface area contributed by atoms with Crippen molar-refractivity contribution in [3.8, 4) is 16.9 Å². The second kappa shape index (κ2) is 8.15. The highest BCUT2D eigenvalue weighted by Crippen LogP contribution is 2.43. The van der Waals surface area contributed by atoms with Crippen molar-refractivity contribution in [1.29, 1.82) is 0 Å². The number of alkyl halides is 3. The summed E-state index contributed by atoms with van der Waals surface area (Å²) in [5.41, 5.74) is 3.92. The molecule has 32 heavy (non-hydrogen) atoms. The minimum atomic E-state index is -4.61. The van der Waals surface area contributed by atoms with Crippen molar-refractivity contribution >= 4 is 11.9 Å². The highest BCUT2D eigenvalue weighted by atomic mass is 19.4. The molecule has 4 rings (SSSR count). The van der Waals surface area contributed by atoms with Crippen LogP contribution in [-0.2, 0) is 27.3 Å². The van der Waals surface area contributed by atoms with Crippen LogP contribution >= 0.6 is 0 Å². The van der Waals surface area contributed by atoms with Gasteiger partial charge in [-0.1, -0.05) is 25.1 Å². The molecule has 2 aliphatic rings. The third-order valence-electron chi connectivity index (χ3n) is 5.81. The molecule has 0 bridgehead atoms. The SMILES string of the molecule is CCc1c(C)ccc(-c2ccc3c(c2)COC3=O)c1OCC1(OC(=O)CC(F)(F)F)CC1. The topological polar surface area (TPSA) is 61.8 Å². The number of rotatable bonds is 7. The van der Waals surface area contributed by atoms with Gasteiger partial charge in [-0.15, -0.1) is 0 Å². The number of benzene rings is 2. The number of cyclic esters (lactones) is 1. The summed E-state index contributed by atoms with van der Waals surface area (Å²) < 4.78 is 53.8. The first-order valence-corrected chi connectivity index (χ1v) is 10.4. The maximum Gasteiger partial charge on any atom is 0.399 e. The van der Waals surface area contributed by atoms with Crippen molar-refractivity contribution < 1.29 is 37.0 Å². The van der Waals surface area contributed by atoms with E-state index in [9.17, 15) is 22.8 Å². The van der Waals surface area contributed by atoms with Crippen molar-refractivity contribution in [2.75, 3.05) is 6.61 Å². The van der Waals surface area contributed by atoms with Crippen molar-refractivity contribution in [3.63, 3.8) is 0 Å². The third-order valence-corrected chi connectivity index (χ3v) is 5.81. The quantitative estimate of drug-likeness (QED) is 0.538. The van der Waals surface area contributed by atoms with Gasteiger partial charge in [0, 0.05) is 11.1 Å². The summed E-state index contributed by atoms with van der Waals surface area (Å²) in [7, 11) is 0. The first kappa shape index (κ1) is 22.2. The fourth-order valence-corrected chi connectivity index (χ4v) is 3.92. The second-order valence-corrected chi connectivity index (χ2v) is 8.28. The Kier molecular flexibility index (Phi) is 5.65. The summed E-state index contributed by atoms with van der Waals surface area (Å²) in [5, 5.41) is 0. The maximum atomic E-state index is 12.5. The summed E-state index contributed by atoms with van der Waals surface area (Å²) in [4.78, 5) is 23.5. The van der Waals surface area contributed by atoms with E-state index >= 15 is 0 Å². The molecule has 0 unspecified atom stereocenters. The lowest BCUT2D eigenvalue weighted by Crippen LogP contribution is -2.29. The van der Waals surface area contributed by atoms with Crippen LogP contribution in [-0.4, -0.2) is 30.3 Å². The summed E-state index contributed by atoms with van der Waals surface area (Å²) in [5.74, 6) is -1.03. The van der Waals surface area contributed by atoms with Gasteiger partial charge in [0.05, 0.1) is 5.56 Å². The average molecular weight is 448 g/mol. The van der Waals surface area contributed by atoms with Crippen molar-refractivity contribution in [2.45, 2.75) is 57.9 Å². The summed E-state index contributed by atoms with van der Waals surface area (Å²) in [6.07, 6.45) is -4.62. The minimum absolute atomic E-state index is 0.0212. The molecule has 0 spiro atoms. The monoisotopic (exact) mass is 448 g/mol. The van der Waals surface area contributed by atoms with Crippen LogP contribution in [0.4, 0.5) is 13.2 Å². The number of fused-ring (bicyclic) bond motifs is 1. The highest BCUT2D eigenvalue weighted by molar-refractivity contribution is 5.94. The first-order chi connectivity index (χ1) is 15.1. The lowest BCUT2D eigenvalue weighted by molar-refractivity contribution is -0.178. The lowest BCUT2D eigenvalue weighted by atomic mass is 9.94. The molecule has 8 heteroatoms. The van der Waals surface area contributed by atoms with Gasteiger partial charge in [-0.25, -0.2) is 4.79 Å². The minimum Gasteiger partial charge on any atom is -0.488 e. The number of hydrogen-bond donors (Lipinski definition) is 0. The second-order valence-electron chi connectivity index (χ2n) is 8.28. The molecule has 2 aromatic rings. The molecule has 5 nitrogen and oxygen atoms in total. The molecule has 0 aromatic heterocycles. The van der Waals surface area contributed by atoms with Crippen LogP contribution in [0.2, 0.25) is 0 Å². The van der Waals surface area contributed by atoms with Crippen LogP contribution in [0.3, 0.4) is 0 Å². The van der Waals surface area contributed by atoms with E-state index < -0.39 is 24.2 Å². The number of esters is 2. The molecule has 0 atom stereocenters. The summed E-state index contributed by atoms with van der Waals surface area (Å²) >= 11 is 0. The van der Waals surface area contributed by atoms with Crippen LogP contribution < -0.4 is 4.74 Å². The summed E-state index contributed by atoms with van der Waals surface area (Å²) in [6, 6.07) is 9.31. The number of halogens is 3. The zero-order chi connectivity index (χ0) is 23.1. The van der Waals surface area contributed by atoms with Gasteiger partial charge >= 0.3 is 18.1 Å². The molecule has 0 amide bonds. The van der Waals surface area contributed by atoms with E-state index in [1.54, 1.807) is 6.07 Å². The fraction of sp³-hybridized carbons (Fsp3) is 0.417. The van der Waals surface area contributed by atoms with E-state index in [1.165, 1.54) is 0 Å². The Balaban J connectivity index is 1.59. The van der Waals surface area contributed by atoms with Gasteiger partial charge in [0.2, 0.25) is 0 Å². The van der Waals surface area contributed by atoms with E-state index in [0.29, 0.717) is 30.6 Å². The van der Waals surface area contributed by atoms with E-state index in [-0.39, 0.29) is 19.2 Å². The molecular formula is C24H23F3O5. The van der Waals surface area contributed by atoms with Gasteiger partial charge in [-0.05, 0) is 55.0 Å². The zero-order valence-electron chi connectivity index (χ0n) is 17.8. The van der Waals surface area contributed by atoms with Crippen LogP contribution in [0.5, 0.6) is 5.75 Å². The first-order valence-electron chi connectivity index (χ1n) is 10.4. The number of ether oxygens (including phenoxy) is 3. The summed E-state index contributed by atoms with van der Waals surface area (Å²) in [6.45, 7) is 4.14. The standard InChI is InChI=1S/C24H23F3O5/c1-3-17-14(2)4-6-18(15-5-7-19-16(10-15)12-30-22(19)29)21(17)31-13-23(8-9-23)32-20(28)11-24(25,26)27/h4-7,10H,3,8-9,11-13H2,1-2H3. The van der Waals surface area contributed by atoms with Gasteiger partial charge in [0.25, 0.3) is 0 Å². The van der Waals surface area contributed by atoms with Crippen molar-refractivity contribution in [2.24, 2.45) is 0 Å². The van der Waals surface area contributed by atoms with Gasteiger partial charge in [0.1, 0.15) is 31.0 Å². The average Bonchev–Trinajstić information content (AvgIpc) is 3.38. The third kappa shape index (κ3) is 4.59. The number of hydrogen-bond acceptors (Lipinski definition) is 5. The Hall–Kier alpha value is -3.03. The van der Waals surface area contributed by atoms with Gasteiger partial charge < -0.3 is 14.2 Å². The molecule has 2 aromatic carbocycles. The normalized spacial score (nSPS) is 16.3. The number of aryl methyl sites for hydroxylation is 1. The smallest absolute Gasteiger partial charge is 0.399 e. The molecule has 1 saturated carbocycles. The Morgan fingerprint density at radius 2 is 1.88 bits per heavy atom. The van der Waals surface area contributed by atoms with Crippen LogP contribution in [0.1, 0.15) is 53.2 Å². The van der Waals surface area contributed by atoms with E-state index in [4.69, 9.17) is 14.2 Å². The molecule has 1 heterocycles. The van der Waals surface area contributed by atoms with E-state index in [1.807, 2.05) is 38.1 Å². The lowest BCUT2D eigenvalue weighted by Gasteiger charge is -2.22. The molecule has 170 valence electrons. The Bertz CT molecular complexity index is 1070. The van der Waals surface area contributed by atoms with Gasteiger partial charge in [0.15, 0.2) is 0 Å². The molecule has 1 fully saturated rings. The number of carbonyl (C=O) groups is 2. The molecule has 0 N–H and O–H groups in total. The predicted molar refractivity (Wildman–Crippen MR) is 109 cm³/mol. The van der Waals surface area contributed by atoms with Gasteiger partial charge in [-0.2, -0.15) is 13.2 Å². The van der Waals surface area contributed by atoms with Crippen LogP contribution in [0.15, 0.2) is 30.3 Å². The van der Waals surface area contributed by atoms with E-state index in [0.717, 1.165) is 27.8 Å². The predicted octanol–water partition coefficient (Wildman–Crippen LogP) is 5.30. The highest BCUT2D eigenvalue weighted by Gasteiger charge is 2.49. The van der Waals surface area contributed by atoms with E-state index in [2.05, 4.69) is 0 Å². The molecule has 0 saturated heterocycles. The van der Waals surface area contributed by atoms with Crippen molar-refractivity contribution in [3.05, 3.63) is 52.6 Å². The number of carbonyl (C=O) groups excluding carboxylic acids is 2. The Labute approximate surface area is 183 Å². The fourth-order valence-electron chi connectivity index (χ4n) is 3.92. The largest absolute Gasteiger partial charge is 0.488 e. The van der Waals surface area contributed by atoms with Crippen LogP contribution in [0, 0.1) is 6.92 Å². The van der Waals surface area contributed by atoms with Crippen LogP contribution in [0.25, 0.3) is 11.1 Å². The molecule has 1 aliphatic heterocycles. The molecule has 1 aliphatic carbocycles. The van der Waals surface area contributed by atoms with Crippen molar-refractivity contribution in [1.82, 2.24) is 0 Å². The molecule has 0 radical (unpaired) electrons. The Morgan fingerprint density at radius 1 is 1.16 bits per heavy atom.